The van der Waals surface area contributed by atoms with E-state index in [1.807, 2.05) is 0 Å². The number of aliphatic hydroxyl groups excluding tert-OH is 1. The molecule has 0 radical (unpaired) electrons. The molecule has 3 atom stereocenters. The molecular formula is C12H19NO4. The van der Waals surface area contributed by atoms with Crippen molar-refractivity contribution >= 4 is 11.9 Å². The third-order valence-electron chi connectivity index (χ3n) is 3.78. The average Bonchev–Trinajstić information content (AvgIpc) is 2.95. The number of hydrogen-bond donors (Lipinski definition) is 1. The van der Waals surface area contributed by atoms with Gasteiger partial charge in [0, 0.05) is 13.1 Å². The van der Waals surface area contributed by atoms with Crippen LogP contribution >= 0.6 is 0 Å². The zero-order valence-corrected chi connectivity index (χ0v) is 10.1. The van der Waals surface area contributed by atoms with E-state index in [0.29, 0.717) is 12.8 Å². The van der Waals surface area contributed by atoms with Crippen LogP contribution in [0.4, 0.5) is 0 Å². The van der Waals surface area contributed by atoms with Crippen molar-refractivity contribution in [2.24, 2.45) is 11.8 Å². The van der Waals surface area contributed by atoms with Crippen LogP contribution in [0.3, 0.4) is 0 Å². The van der Waals surface area contributed by atoms with Crippen LogP contribution in [-0.4, -0.2) is 48.2 Å². The van der Waals surface area contributed by atoms with Crippen LogP contribution in [0.2, 0.25) is 0 Å². The minimum atomic E-state index is -0.560. The van der Waals surface area contributed by atoms with Gasteiger partial charge in [-0.2, -0.15) is 0 Å². The molecule has 1 N–H and O–H groups in total. The molecule has 96 valence electrons. The minimum Gasteiger partial charge on any atom is -0.469 e. The summed E-state index contributed by atoms with van der Waals surface area (Å²) in [5.41, 5.74) is 0. The van der Waals surface area contributed by atoms with Crippen molar-refractivity contribution in [3.63, 3.8) is 0 Å². The molecular weight excluding hydrogens is 222 g/mol. The SMILES string of the molecule is COC(=O)[C@@H]1C[C@H](O)C[C@@H]1C(=O)N1CCCC1. The predicted octanol–water partition coefficient (Wildman–Crippen LogP) is 0.169. The second-order valence-corrected chi connectivity index (χ2v) is 4.89. The van der Waals surface area contributed by atoms with E-state index < -0.39 is 17.9 Å². The summed E-state index contributed by atoms with van der Waals surface area (Å²) in [6, 6.07) is 0. The molecule has 1 heterocycles. The molecule has 17 heavy (non-hydrogen) atoms. The lowest BCUT2D eigenvalue weighted by molar-refractivity contribution is -0.151. The second-order valence-electron chi connectivity index (χ2n) is 4.89. The molecule has 0 bridgehead atoms. The van der Waals surface area contributed by atoms with E-state index in [1.165, 1.54) is 7.11 Å². The molecule has 2 fully saturated rings. The van der Waals surface area contributed by atoms with E-state index in [0.717, 1.165) is 25.9 Å². The Morgan fingerprint density at radius 2 is 1.76 bits per heavy atom. The van der Waals surface area contributed by atoms with Gasteiger partial charge in [-0.1, -0.05) is 0 Å². The number of likely N-dealkylation sites (tertiary alicyclic amines) is 1. The van der Waals surface area contributed by atoms with Crippen LogP contribution in [0, 0.1) is 11.8 Å². The number of esters is 1. The van der Waals surface area contributed by atoms with Crippen LogP contribution in [0.15, 0.2) is 0 Å². The molecule has 2 rings (SSSR count). The molecule has 1 saturated carbocycles. The van der Waals surface area contributed by atoms with Gasteiger partial charge < -0.3 is 14.7 Å². The van der Waals surface area contributed by atoms with Gasteiger partial charge in [-0.05, 0) is 25.7 Å². The average molecular weight is 241 g/mol. The molecule has 5 nitrogen and oxygen atoms in total. The number of amides is 1. The standard InChI is InChI=1S/C12H19NO4/c1-17-12(16)10-7-8(14)6-9(10)11(15)13-4-2-3-5-13/h8-10,14H,2-7H2,1H3/t8-,9+,10-/m1/s1. The summed E-state index contributed by atoms with van der Waals surface area (Å²) >= 11 is 0. The molecule has 0 unspecified atom stereocenters. The topological polar surface area (TPSA) is 66.8 Å². The normalized spacial score (nSPS) is 32.8. The first kappa shape index (κ1) is 12.4. The highest BCUT2D eigenvalue weighted by Gasteiger charge is 2.44. The van der Waals surface area contributed by atoms with Crippen LogP contribution in [-0.2, 0) is 14.3 Å². The first-order valence-corrected chi connectivity index (χ1v) is 6.18. The van der Waals surface area contributed by atoms with Crippen LogP contribution in [0.1, 0.15) is 25.7 Å². The summed E-state index contributed by atoms with van der Waals surface area (Å²) in [5.74, 6) is -1.23. The van der Waals surface area contributed by atoms with Crippen LogP contribution in [0.5, 0.6) is 0 Å². The van der Waals surface area contributed by atoms with Gasteiger partial charge in [-0.15, -0.1) is 0 Å². The summed E-state index contributed by atoms with van der Waals surface area (Å²) < 4.78 is 4.70. The van der Waals surface area contributed by atoms with Gasteiger partial charge >= 0.3 is 5.97 Å². The minimum absolute atomic E-state index is 0.00875. The van der Waals surface area contributed by atoms with Crippen molar-refractivity contribution in [2.45, 2.75) is 31.8 Å². The summed E-state index contributed by atoms with van der Waals surface area (Å²) in [6.45, 7) is 1.55. The van der Waals surface area contributed by atoms with E-state index in [4.69, 9.17) is 4.74 Å². The molecule has 1 amide bonds. The molecule has 1 saturated heterocycles. The molecule has 0 spiro atoms. The van der Waals surface area contributed by atoms with Crippen molar-refractivity contribution in [1.29, 1.82) is 0 Å². The fraction of sp³-hybridized carbons (Fsp3) is 0.833. The lowest BCUT2D eigenvalue weighted by atomic mass is 9.95. The molecule has 0 aromatic rings. The Bertz CT molecular complexity index is 312. The van der Waals surface area contributed by atoms with Gasteiger partial charge in [-0.3, -0.25) is 9.59 Å². The Hall–Kier alpha value is -1.10. The molecule has 0 aromatic heterocycles. The quantitative estimate of drug-likeness (QED) is 0.700. The van der Waals surface area contributed by atoms with Crippen molar-refractivity contribution in [3.05, 3.63) is 0 Å². The highest BCUT2D eigenvalue weighted by atomic mass is 16.5. The first-order valence-electron chi connectivity index (χ1n) is 6.18. The largest absolute Gasteiger partial charge is 0.469 e. The maximum atomic E-state index is 12.2. The molecule has 1 aliphatic carbocycles. The number of ether oxygens (including phenoxy) is 1. The lowest BCUT2D eigenvalue weighted by Crippen LogP contribution is -2.37. The van der Waals surface area contributed by atoms with E-state index in [2.05, 4.69) is 0 Å². The summed E-state index contributed by atoms with van der Waals surface area (Å²) in [6.07, 6.45) is 2.23. The van der Waals surface area contributed by atoms with E-state index in [9.17, 15) is 14.7 Å². The Labute approximate surface area is 101 Å². The van der Waals surface area contributed by atoms with Gasteiger partial charge in [0.05, 0.1) is 25.0 Å². The number of aliphatic hydroxyl groups is 1. The maximum absolute atomic E-state index is 12.2. The Morgan fingerprint density at radius 3 is 2.35 bits per heavy atom. The van der Waals surface area contributed by atoms with Crippen molar-refractivity contribution in [3.8, 4) is 0 Å². The zero-order chi connectivity index (χ0) is 12.4. The van der Waals surface area contributed by atoms with Gasteiger partial charge in [0.15, 0.2) is 0 Å². The maximum Gasteiger partial charge on any atom is 0.309 e. The van der Waals surface area contributed by atoms with Crippen molar-refractivity contribution < 1.29 is 19.4 Å². The van der Waals surface area contributed by atoms with Crippen molar-refractivity contribution in [2.75, 3.05) is 20.2 Å². The Kier molecular flexibility index (Phi) is 3.66. The number of methoxy groups -OCH3 is 1. The fourth-order valence-corrected chi connectivity index (χ4v) is 2.87. The first-order chi connectivity index (χ1) is 8.13. The third kappa shape index (κ3) is 2.44. The summed E-state index contributed by atoms with van der Waals surface area (Å²) in [5, 5.41) is 9.63. The highest BCUT2D eigenvalue weighted by molar-refractivity contribution is 5.86. The smallest absolute Gasteiger partial charge is 0.309 e. The Balaban J connectivity index is 2.06. The van der Waals surface area contributed by atoms with Gasteiger partial charge in [0.25, 0.3) is 0 Å². The molecule has 0 aromatic carbocycles. The van der Waals surface area contributed by atoms with Crippen LogP contribution < -0.4 is 0 Å². The zero-order valence-electron chi connectivity index (χ0n) is 10.1. The van der Waals surface area contributed by atoms with E-state index in [-0.39, 0.29) is 11.9 Å². The lowest BCUT2D eigenvalue weighted by Gasteiger charge is -2.23. The number of carbonyl (C=O) groups is 2. The van der Waals surface area contributed by atoms with Crippen molar-refractivity contribution in [1.82, 2.24) is 4.90 Å². The fourth-order valence-electron chi connectivity index (χ4n) is 2.87. The number of carbonyl (C=O) groups excluding carboxylic acids is 2. The number of hydrogen-bond acceptors (Lipinski definition) is 4. The summed E-state index contributed by atoms with van der Waals surface area (Å²) in [7, 11) is 1.32. The van der Waals surface area contributed by atoms with Gasteiger partial charge in [-0.25, -0.2) is 0 Å². The number of nitrogens with zero attached hydrogens (tertiary/aromatic N) is 1. The van der Waals surface area contributed by atoms with E-state index in [1.54, 1.807) is 4.90 Å². The van der Waals surface area contributed by atoms with Gasteiger partial charge in [0.1, 0.15) is 0 Å². The predicted molar refractivity (Wildman–Crippen MR) is 60.1 cm³/mol. The summed E-state index contributed by atoms with van der Waals surface area (Å²) in [4.78, 5) is 25.6. The third-order valence-corrected chi connectivity index (χ3v) is 3.78. The number of rotatable bonds is 2. The van der Waals surface area contributed by atoms with Crippen LogP contribution in [0.25, 0.3) is 0 Å². The monoisotopic (exact) mass is 241 g/mol. The van der Waals surface area contributed by atoms with E-state index >= 15 is 0 Å². The molecule has 5 heteroatoms. The second kappa shape index (κ2) is 5.04. The highest BCUT2D eigenvalue weighted by Crippen LogP contribution is 2.35. The Morgan fingerprint density at radius 1 is 1.18 bits per heavy atom. The van der Waals surface area contributed by atoms with Gasteiger partial charge in [0.2, 0.25) is 5.91 Å². The molecule has 2 aliphatic rings. The molecule has 1 aliphatic heterocycles.